The zero-order valence-electron chi connectivity index (χ0n) is 11.3. The normalized spacial score (nSPS) is 23.0. The standard InChI is InChI=1S/C12H16ClN3O4S/c13-21(18,19)11-9(7-3-4-7)15-16-10(11)12(17)14-8-2-1-5-20-6-8/h7-8H,1-6H2,(H,14,17)(H,15,16). The molecule has 9 heteroatoms. The molecule has 1 amide bonds. The molecule has 2 aliphatic rings. The van der Waals surface area contributed by atoms with Gasteiger partial charge >= 0.3 is 0 Å². The molecule has 3 rings (SSSR count). The van der Waals surface area contributed by atoms with Crippen molar-refractivity contribution in [2.24, 2.45) is 0 Å². The van der Waals surface area contributed by atoms with Crippen molar-refractivity contribution in [3.63, 3.8) is 0 Å². The quantitative estimate of drug-likeness (QED) is 0.804. The van der Waals surface area contributed by atoms with Crippen LogP contribution in [0.1, 0.15) is 47.8 Å². The van der Waals surface area contributed by atoms with E-state index in [4.69, 9.17) is 15.4 Å². The van der Waals surface area contributed by atoms with Gasteiger partial charge in [-0.1, -0.05) is 0 Å². The fraction of sp³-hybridized carbons (Fsp3) is 0.667. The van der Waals surface area contributed by atoms with Crippen LogP contribution in [0.15, 0.2) is 4.90 Å². The predicted octanol–water partition coefficient (Wildman–Crippen LogP) is 1.12. The highest BCUT2D eigenvalue weighted by Gasteiger charge is 2.36. The van der Waals surface area contributed by atoms with E-state index in [2.05, 4.69) is 15.5 Å². The van der Waals surface area contributed by atoms with Gasteiger partial charge in [0.05, 0.1) is 18.3 Å². The number of carbonyl (C=O) groups excluding carboxylic acids is 1. The van der Waals surface area contributed by atoms with E-state index in [0.29, 0.717) is 18.9 Å². The van der Waals surface area contributed by atoms with E-state index >= 15 is 0 Å². The van der Waals surface area contributed by atoms with Gasteiger partial charge in [-0.05, 0) is 25.7 Å². The van der Waals surface area contributed by atoms with Gasteiger partial charge in [0.15, 0.2) is 5.69 Å². The van der Waals surface area contributed by atoms with Crippen molar-refractivity contribution in [1.82, 2.24) is 15.5 Å². The minimum Gasteiger partial charge on any atom is -0.379 e. The second-order valence-electron chi connectivity index (χ2n) is 5.41. The lowest BCUT2D eigenvalue weighted by Gasteiger charge is -2.22. The Kier molecular flexibility index (Phi) is 3.94. The van der Waals surface area contributed by atoms with Crippen molar-refractivity contribution >= 4 is 25.6 Å². The molecule has 0 bridgehead atoms. The zero-order valence-corrected chi connectivity index (χ0v) is 12.8. The molecule has 1 aliphatic heterocycles. The molecular weight excluding hydrogens is 318 g/mol. The van der Waals surface area contributed by atoms with E-state index in [1.807, 2.05) is 0 Å². The highest BCUT2D eigenvalue weighted by Crippen LogP contribution is 2.43. The Morgan fingerprint density at radius 2 is 2.14 bits per heavy atom. The number of ether oxygens (including phenoxy) is 1. The highest BCUT2D eigenvalue weighted by atomic mass is 35.7. The first-order chi connectivity index (χ1) is 9.97. The Morgan fingerprint density at radius 1 is 1.38 bits per heavy atom. The SMILES string of the molecule is O=C(NC1CCCOC1)c1n[nH]c(C2CC2)c1S(=O)(=O)Cl. The molecule has 7 nitrogen and oxygen atoms in total. The second-order valence-corrected chi connectivity index (χ2v) is 7.92. The first-order valence-electron chi connectivity index (χ1n) is 6.88. The van der Waals surface area contributed by atoms with E-state index in [0.717, 1.165) is 25.7 Å². The Balaban J connectivity index is 1.85. The van der Waals surface area contributed by atoms with Crippen LogP contribution in [-0.4, -0.2) is 43.8 Å². The summed E-state index contributed by atoms with van der Waals surface area (Å²) in [5.41, 5.74) is 0.285. The number of nitrogens with zero attached hydrogens (tertiary/aromatic N) is 1. The first-order valence-corrected chi connectivity index (χ1v) is 9.19. The lowest BCUT2D eigenvalue weighted by atomic mass is 10.1. The lowest BCUT2D eigenvalue weighted by Crippen LogP contribution is -2.41. The third-order valence-corrected chi connectivity index (χ3v) is 5.05. The minimum atomic E-state index is -4.03. The predicted molar refractivity (Wildman–Crippen MR) is 74.9 cm³/mol. The van der Waals surface area contributed by atoms with Crippen LogP contribution in [0, 0.1) is 0 Å². The fourth-order valence-corrected chi connectivity index (χ4v) is 3.82. The average molecular weight is 334 g/mol. The van der Waals surface area contributed by atoms with Crippen LogP contribution in [0.3, 0.4) is 0 Å². The van der Waals surface area contributed by atoms with E-state index < -0.39 is 15.0 Å². The molecule has 0 spiro atoms. The van der Waals surface area contributed by atoms with Crippen LogP contribution in [0.5, 0.6) is 0 Å². The summed E-state index contributed by atoms with van der Waals surface area (Å²) in [6.07, 6.45) is 3.41. The molecule has 1 aliphatic carbocycles. The molecule has 21 heavy (non-hydrogen) atoms. The number of aromatic nitrogens is 2. The van der Waals surface area contributed by atoms with Crippen molar-refractivity contribution in [3.8, 4) is 0 Å². The first kappa shape index (κ1) is 14.8. The molecule has 1 aromatic rings. The van der Waals surface area contributed by atoms with Gasteiger partial charge in [0.1, 0.15) is 4.90 Å². The van der Waals surface area contributed by atoms with Crippen molar-refractivity contribution in [3.05, 3.63) is 11.4 Å². The largest absolute Gasteiger partial charge is 0.379 e. The number of halogens is 1. The third-order valence-electron chi connectivity index (χ3n) is 3.69. The van der Waals surface area contributed by atoms with E-state index in [1.54, 1.807) is 0 Å². The third kappa shape index (κ3) is 3.22. The summed E-state index contributed by atoms with van der Waals surface area (Å²) in [5, 5.41) is 9.27. The Bertz CT molecular complexity index is 647. The number of H-pyrrole nitrogens is 1. The molecule has 116 valence electrons. The van der Waals surface area contributed by atoms with Gasteiger partial charge in [-0.3, -0.25) is 9.89 Å². The van der Waals surface area contributed by atoms with Crippen LogP contribution in [0.25, 0.3) is 0 Å². The van der Waals surface area contributed by atoms with Crippen molar-refractivity contribution < 1.29 is 17.9 Å². The molecule has 1 unspecified atom stereocenters. The van der Waals surface area contributed by atoms with Crippen molar-refractivity contribution in [2.45, 2.75) is 42.5 Å². The van der Waals surface area contributed by atoms with E-state index in [-0.39, 0.29) is 22.5 Å². The second kappa shape index (κ2) is 5.58. The summed E-state index contributed by atoms with van der Waals surface area (Å²) < 4.78 is 28.8. The van der Waals surface area contributed by atoms with E-state index in [1.165, 1.54) is 0 Å². The zero-order chi connectivity index (χ0) is 15.0. The van der Waals surface area contributed by atoms with Gasteiger partial charge in [0.2, 0.25) is 0 Å². The molecule has 1 atom stereocenters. The van der Waals surface area contributed by atoms with Crippen LogP contribution >= 0.6 is 10.7 Å². The number of hydrogen-bond donors (Lipinski definition) is 2. The van der Waals surface area contributed by atoms with Gasteiger partial charge in [-0.2, -0.15) is 5.10 Å². The van der Waals surface area contributed by atoms with Crippen LogP contribution in [-0.2, 0) is 13.8 Å². The summed E-state index contributed by atoms with van der Waals surface area (Å²) in [4.78, 5) is 12.1. The van der Waals surface area contributed by atoms with Gasteiger partial charge in [0, 0.05) is 23.2 Å². The fourth-order valence-electron chi connectivity index (χ4n) is 2.50. The van der Waals surface area contributed by atoms with Crippen LogP contribution in [0.4, 0.5) is 0 Å². The Morgan fingerprint density at radius 3 is 2.71 bits per heavy atom. The summed E-state index contributed by atoms with van der Waals surface area (Å²) >= 11 is 0. The molecule has 2 N–H and O–H groups in total. The molecule has 1 saturated heterocycles. The maximum Gasteiger partial charge on any atom is 0.273 e. The maximum atomic E-state index is 12.3. The molecular formula is C12H16ClN3O4S. The summed E-state index contributed by atoms with van der Waals surface area (Å²) in [6.45, 7) is 1.11. The van der Waals surface area contributed by atoms with Gasteiger partial charge < -0.3 is 10.1 Å². The number of nitrogens with one attached hydrogen (secondary N) is 2. The van der Waals surface area contributed by atoms with Gasteiger partial charge in [0.25, 0.3) is 15.0 Å². The van der Waals surface area contributed by atoms with Gasteiger partial charge in [-0.25, -0.2) is 8.42 Å². The number of carbonyl (C=O) groups is 1. The van der Waals surface area contributed by atoms with E-state index in [9.17, 15) is 13.2 Å². The minimum absolute atomic E-state index is 0.0978. The van der Waals surface area contributed by atoms with Crippen LogP contribution < -0.4 is 5.32 Å². The average Bonchev–Trinajstić information content (AvgIpc) is 3.16. The summed E-state index contributed by atoms with van der Waals surface area (Å²) in [7, 11) is 1.45. The molecule has 1 aromatic heterocycles. The number of aromatic amines is 1. The number of amides is 1. The number of hydrogen-bond acceptors (Lipinski definition) is 5. The summed E-state index contributed by atoms with van der Waals surface area (Å²) in [6, 6.07) is -0.127. The highest BCUT2D eigenvalue weighted by molar-refractivity contribution is 8.13. The molecule has 2 heterocycles. The Labute approximate surface area is 126 Å². The Hall–Kier alpha value is -1.12. The lowest BCUT2D eigenvalue weighted by molar-refractivity contribution is 0.0620. The summed E-state index contributed by atoms with van der Waals surface area (Å²) in [5.74, 6) is -0.437. The monoisotopic (exact) mass is 333 g/mol. The van der Waals surface area contributed by atoms with Gasteiger partial charge in [-0.15, -0.1) is 0 Å². The van der Waals surface area contributed by atoms with Crippen LogP contribution in [0.2, 0.25) is 0 Å². The molecule has 0 aromatic carbocycles. The smallest absolute Gasteiger partial charge is 0.273 e. The van der Waals surface area contributed by atoms with Crippen molar-refractivity contribution in [2.75, 3.05) is 13.2 Å². The number of rotatable bonds is 4. The molecule has 1 saturated carbocycles. The molecule has 2 fully saturated rings. The topological polar surface area (TPSA) is 101 Å². The maximum absolute atomic E-state index is 12.3. The van der Waals surface area contributed by atoms with Crippen molar-refractivity contribution in [1.29, 1.82) is 0 Å². The molecule has 0 radical (unpaired) electrons.